The van der Waals surface area contributed by atoms with E-state index in [2.05, 4.69) is 5.32 Å². The van der Waals surface area contributed by atoms with Gasteiger partial charge in [0.25, 0.3) is 5.69 Å². The summed E-state index contributed by atoms with van der Waals surface area (Å²) in [5, 5.41) is 24.2. The maximum Gasteiger partial charge on any atom is 0.293 e. The van der Waals surface area contributed by atoms with Gasteiger partial charge < -0.3 is 15.2 Å². The number of carbonyl (C=O) groups is 1. The van der Waals surface area contributed by atoms with Crippen LogP contribution < -0.4 is 5.32 Å². The van der Waals surface area contributed by atoms with Crippen molar-refractivity contribution in [2.75, 3.05) is 18.5 Å². The Balaban J connectivity index is 2.17. The number of nitrogens with one attached hydrogen (secondary N) is 1. The first-order chi connectivity index (χ1) is 9.46. The summed E-state index contributed by atoms with van der Waals surface area (Å²) in [6.07, 6.45) is 0.696. The van der Waals surface area contributed by atoms with Crippen molar-refractivity contribution in [1.29, 1.82) is 0 Å². The molecule has 2 N–H and O–H groups in total. The summed E-state index contributed by atoms with van der Waals surface area (Å²) in [5.74, 6) is 0. The summed E-state index contributed by atoms with van der Waals surface area (Å²) < 4.78 is 5.30. The van der Waals surface area contributed by atoms with E-state index in [-0.39, 0.29) is 29.6 Å². The van der Waals surface area contributed by atoms with Gasteiger partial charge in [-0.15, -0.1) is 0 Å². The van der Waals surface area contributed by atoms with Gasteiger partial charge in [-0.2, -0.15) is 0 Å². The standard InChI is InChI=1S/C13H16N2O5/c1-9-13(17,4-5-20-9)8-14-11-3-2-10(7-16)6-12(11)15(18)19/h2-3,6-7,9,14,17H,4-5,8H2,1H3. The Morgan fingerprint density at radius 3 is 2.95 bits per heavy atom. The second-order valence-corrected chi connectivity index (χ2v) is 4.87. The SMILES string of the molecule is CC1OCCC1(O)CNc1ccc(C=O)cc1[N+](=O)[O-]. The molecule has 0 bridgehead atoms. The summed E-state index contributed by atoms with van der Waals surface area (Å²) >= 11 is 0. The number of aliphatic hydroxyl groups is 1. The van der Waals surface area contributed by atoms with E-state index in [1.807, 2.05) is 0 Å². The molecule has 20 heavy (non-hydrogen) atoms. The molecule has 2 atom stereocenters. The molecule has 1 aliphatic heterocycles. The lowest BCUT2D eigenvalue weighted by Crippen LogP contribution is -2.43. The van der Waals surface area contributed by atoms with Gasteiger partial charge in [0, 0.05) is 31.2 Å². The predicted molar refractivity (Wildman–Crippen MR) is 72.0 cm³/mol. The fraction of sp³-hybridized carbons (Fsp3) is 0.462. The van der Waals surface area contributed by atoms with Gasteiger partial charge >= 0.3 is 0 Å². The second kappa shape index (κ2) is 5.56. The molecule has 7 nitrogen and oxygen atoms in total. The Kier molecular flexibility index (Phi) is 4.01. The highest BCUT2D eigenvalue weighted by Gasteiger charge is 2.39. The van der Waals surface area contributed by atoms with Crippen molar-refractivity contribution in [2.24, 2.45) is 0 Å². The first-order valence-corrected chi connectivity index (χ1v) is 6.28. The number of hydrogen-bond acceptors (Lipinski definition) is 6. The van der Waals surface area contributed by atoms with E-state index in [0.29, 0.717) is 19.3 Å². The third-order valence-electron chi connectivity index (χ3n) is 3.60. The van der Waals surface area contributed by atoms with Crippen LogP contribution in [0.3, 0.4) is 0 Å². The second-order valence-electron chi connectivity index (χ2n) is 4.87. The van der Waals surface area contributed by atoms with Gasteiger partial charge in [-0.3, -0.25) is 14.9 Å². The summed E-state index contributed by atoms with van der Waals surface area (Å²) in [6.45, 7) is 2.37. The van der Waals surface area contributed by atoms with Crippen molar-refractivity contribution in [3.8, 4) is 0 Å². The van der Waals surface area contributed by atoms with Gasteiger partial charge in [0.2, 0.25) is 0 Å². The van der Waals surface area contributed by atoms with Crippen LogP contribution in [0.4, 0.5) is 11.4 Å². The zero-order valence-corrected chi connectivity index (χ0v) is 11.0. The zero-order chi connectivity index (χ0) is 14.8. The Morgan fingerprint density at radius 2 is 2.40 bits per heavy atom. The molecular weight excluding hydrogens is 264 g/mol. The molecule has 2 rings (SSSR count). The van der Waals surface area contributed by atoms with Gasteiger partial charge in [0.05, 0.1) is 11.0 Å². The normalized spacial score (nSPS) is 25.4. The van der Waals surface area contributed by atoms with Crippen LogP contribution in [-0.4, -0.2) is 41.2 Å². The molecule has 1 aromatic rings. The highest BCUT2D eigenvalue weighted by Crippen LogP contribution is 2.29. The number of nitrogens with zero attached hydrogens (tertiary/aromatic N) is 1. The average Bonchev–Trinajstić information content (AvgIpc) is 2.76. The smallest absolute Gasteiger partial charge is 0.293 e. The zero-order valence-electron chi connectivity index (χ0n) is 11.0. The first-order valence-electron chi connectivity index (χ1n) is 6.28. The number of nitro groups is 1. The first kappa shape index (κ1) is 14.4. The Bertz CT molecular complexity index is 533. The van der Waals surface area contributed by atoms with E-state index < -0.39 is 10.5 Å². The maximum atomic E-state index is 11.0. The molecule has 0 saturated carbocycles. The van der Waals surface area contributed by atoms with Crippen LogP contribution in [0.1, 0.15) is 23.7 Å². The van der Waals surface area contributed by atoms with Crippen LogP contribution in [0.5, 0.6) is 0 Å². The van der Waals surface area contributed by atoms with Crippen molar-refractivity contribution in [3.63, 3.8) is 0 Å². The maximum absolute atomic E-state index is 11.0. The van der Waals surface area contributed by atoms with E-state index in [0.717, 1.165) is 0 Å². The minimum absolute atomic E-state index is 0.148. The number of benzene rings is 1. The molecule has 108 valence electrons. The number of carbonyl (C=O) groups excluding carboxylic acids is 1. The number of aldehydes is 1. The van der Waals surface area contributed by atoms with Crippen LogP contribution in [0.15, 0.2) is 18.2 Å². The fourth-order valence-electron chi connectivity index (χ4n) is 2.17. The molecule has 0 radical (unpaired) electrons. The molecule has 0 aromatic heterocycles. The number of hydrogen-bond donors (Lipinski definition) is 2. The molecule has 0 aliphatic carbocycles. The van der Waals surface area contributed by atoms with Crippen LogP contribution in [0.2, 0.25) is 0 Å². The summed E-state index contributed by atoms with van der Waals surface area (Å²) in [6, 6.07) is 4.15. The number of nitro benzene ring substituents is 1. The number of anilines is 1. The fourth-order valence-corrected chi connectivity index (χ4v) is 2.17. The van der Waals surface area contributed by atoms with E-state index in [1.165, 1.54) is 18.2 Å². The van der Waals surface area contributed by atoms with Crippen LogP contribution in [-0.2, 0) is 4.74 Å². The summed E-state index contributed by atoms with van der Waals surface area (Å²) in [4.78, 5) is 21.1. The summed E-state index contributed by atoms with van der Waals surface area (Å²) in [5.41, 5.74) is -0.728. The van der Waals surface area contributed by atoms with Gasteiger partial charge in [-0.1, -0.05) is 0 Å². The van der Waals surface area contributed by atoms with Crippen molar-refractivity contribution >= 4 is 17.7 Å². The quantitative estimate of drug-likeness (QED) is 0.479. The van der Waals surface area contributed by atoms with E-state index in [1.54, 1.807) is 6.92 Å². The molecule has 1 saturated heterocycles. The molecular formula is C13H16N2O5. The molecule has 1 aromatic carbocycles. The lowest BCUT2D eigenvalue weighted by molar-refractivity contribution is -0.384. The Labute approximate surface area is 115 Å². The van der Waals surface area contributed by atoms with Crippen LogP contribution in [0, 0.1) is 10.1 Å². The van der Waals surface area contributed by atoms with Crippen molar-refractivity contribution in [3.05, 3.63) is 33.9 Å². The molecule has 1 heterocycles. The number of rotatable bonds is 5. The molecule has 0 amide bonds. The van der Waals surface area contributed by atoms with Gasteiger partial charge in [-0.05, 0) is 19.1 Å². The highest BCUT2D eigenvalue weighted by atomic mass is 16.6. The molecule has 7 heteroatoms. The van der Waals surface area contributed by atoms with E-state index in [9.17, 15) is 20.0 Å². The van der Waals surface area contributed by atoms with Crippen LogP contribution >= 0.6 is 0 Å². The molecule has 1 fully saturated rings. The highest BCUT2D eigenvalue weighted by molar-refractivity contribution is 5.79. The summed E-state index contributed by atoms with van der Waals surface area (Å²) in [7, 11) is 0. The van der Waals surface area contributed by atoms with Gasteiger partial charge in [0.15, 0.2) is 0 Å². The lowest BCUT2D eigenvalue weighted by Gasteiger charge is -2.26. The average molecular weight is 280 g/mol. The third kappa shape index (κ3) is 2.78. The molecule has 2 unspecified atom stereocenters. The largest absolute Gasteiger partial charge is 0.385 e. The van der Waals surface area contributed by atoms with Gasteiger partial charge in [0.1, 0.15) is 17.6 Å². The number of ether oxygens (including phenoxy) is 1. The third-order valence-corrected chi connectivity index (χ3v) is 3.60. The van der Waals surface area contributed by atoms with Crippen molar-refractivity contribution < 1.29 is 19.6 Å². The topological polar surface area (TPSA) is 102 Å². The predicted octanol–water partition coefficient (Wildman–Crippen LogP) is 1.36. The monoisotopic (exact) mass is 280 g/mol. The molecule has 1 aliphatic rings. The Morgan fingerprint density at radius 1 is 1.65 bits per heavy atom. The Hall–Kier alpha value is -1.99. The van der Waals surface area contributed by atoms with Crippen LogP contribution in [0.25, 0.3) is 0 Å². The molecule has 0 spiro atoms. The van der Waals surface area contributed by atoms with Gasteiger partial charge in [-0.25, -0.2) is 0 Å². The minimum atomic E-state index is -1.04. The van der Waals surface area contributed by atoms with E-state index >= 15 is 0 Å². The minimum Gasteiger partial charge on any atom is -0.385 e. The van der Waals surface area contributed by atoms with E-state index in [4.69, 9.17) is 4.74 Å². The van der Waals surface area contributed by atoms with Crippen molar-refractivity contribution in [1.82, 2.24) is 0 Å². The lowest BCUT2D eigenvalue weighted by atomic mass is 9.96. The van der Waals surface area contributed by atoms with Crippen molar-refractivity contribution in [2.45, 2.75) is 25.0 Å².